The Morgan fingerprint density at radius 3 is 1.90 bits per heavy atom. The maximum Gasteiger partial charge on any atom is 0.131 e. The average Bonchev–Trinajstić information content (AvgIpc) is 2.81. The summed E-state index contributed by atoms with van der Waals surface area (Å²) >= 11 is 0. The molecule has 0 N–H and O–H groups in total. The highest BCUT2D eigenvalue weighted by Crippen LogP contribution is 2.43. The summed E-state index contributed by atoms with van der Waals surface area (Å²) in [4.78, 5) is 0. The molecule has 0 amide bonds. The number of benzene rings is 4. The van der Waals surface area contributed by atoms with Crippen LogP contribution in [-0.4, -0.2) is 0 Å². The van der Waals surface area contributed by atoms with E-state index in [2.05, 4.69) is 105 Å². The predicted molar refractivity (Wildman–Crippen MR) is 126 cm³/mol. The van der Waals surface area contributed by atoms with Gasteiger partial charge in [-0.1, -0.05) is 104 Å². The molecule has 0 aliphatic heterocycles. The minimum Gasteiger partial charge on any atom is -0.488 e. The molecule has 0 aromatic heterocycles. The Bertz CT molecular complexity index is 1080. The zero-order chi connectivity index (χ0) is 20.8. The van der Waals surface area contributed by atoms with Crippen LogP contribution >= 0.6 is 0 Å². The third kappa shape index (κ3) is 4.31. The summed E-state index contributed by atoms with van der Waals surface area (Å²) in [5.41, 5.74) is 8.14. The fraction of sp³-hybridized carbons (Fsp3) is 0.172. The van der Waals surface area contributed by atoms with Gasteiger partial charge >= 0.3 is 0 Å². The SMILES string of the molecule is CCCc1[c]c(-c2ccccc2)c(-c2ccccc2)c(OCc2ccccc2)c1C. The Kier molecular flexibility index (Phi) is 6.29. The minimum atomic E-state index is 0.547. The third-order valence-electron chi connectivity index (χ3n) is 5.40. The monoisotopic (exact) mass is 391 g/mol. The van der Waals surface area contributed by atoms with Gasteiger partial charge in [-0.3, -0.25) is 0 Å². The molecule has 1 nitrogen and oxygen atoms in total. The first-order valence-electron chi connectivity index (χ1n) is 10.6. The maximum absolute atomic E-state index is 6.54. The van der Waals surface area contributed by atoms with Crippen molar-refractivity contribution >= 4 is 0 Å². The Balaban J connectivity index is 1.91. The lowest BCUT2D eigenvalue weighted by molar-refractivity contribution is 0.305. The van der Waals surface area contributed by atoms with Gasteiger partial charge in [0.1, 0.15) is 12.4 Å². The number of hydrogen-bond acceptors (Lipinski definition) is 1. The Hall–Kier alpha value is -3.32. The van der Waals surface area contributed by atoms with E-state index in [1.807, 2.05) is 6.07 Å². The molecule has 4 rings (SSSR count). The smallest absolute Gasteiger partial charge is 0.131 e. The predicted octanol–water partition coefficient (Wildman–Crippen LogP) is 7.66. The van der Waals surface area contributed by atoms with Gasteiger partial charge in [0.05, 0.1) is 0 Å². The second kappa shape index (κ2) is 9.45. The summed E-state index contributed by atoms with van der Waals surface area (Å²) in [5.74, 6) is 0.964. The fourth-order valence-electron chi connectivity index (χ4n) is 3.86. The molecule has 0 saturated carbocycles. The Morgan fingerprint density at radius 1 is 0.733 bits per heavy atom. The van der Waals surface area contributed by atoms with E-state index in [0.717, 1.165) is 35.3 Å². The number of hydrogen-bond donors (Lipinski definition) is 0. The highest BCUT2D eigenvalue weighted by molar-refractivity contribution is 5.89. The van der Waals surface area contributed by atoms with Crippen LogP contribution in [0, 0.1) is 13.0 Å². The molecule has 0 heterocycles. The van der Waals surface area contributed by atoms with Crippen molar-refractivity contribution in [1.82, 2.24) is 0 Å². The summed E-state index contributed by atoms with van der Waals surface area (Å²) in [6.45, 7) is 4.93. The zero-order valence-corrected chi connectivity index (χ0v) is 17.7. The van der Waals surface area contributed by atoms with Crippen LogP contribution < -0.4 is 4.74 Å². The van der Waals surface area contributed by atoms with Gasteiger partial charge in [0, 0.05) is 11.1 Å². The zero-order valence-electron chi connectivity index (χ0n) is 17.7. The second-order valence-corrected chi connectivity index (χ2v) is 7.56. The molecule has 0 bridgehead atoms. The number of rotatable bonds is 7. The van der Waals surface area contributed by atoms with Gasteiger partial charge in [0.15, 0.2) is 0 Å². The van der Waals surface area contributed by atoms with E-state index in [9.17, 15) is 0 Å². The maximum atomic E-state index is 6.54. The highest BCUT2D eigenvalue weighted by atomic mass is 16.5. The van der Waals surface area contributed by atoms with Gasteiger partial charge in [-0.15, -0.1) is 0 Å². The van der Waals surface area contributed by atoms with Gasteiger partial charge in [-0.05, 0) is 47.2 Å². The van der Waals surface area contributed by atoms with E-state index in [4.69, 9.17) is 4.74 Å². The van der Waals surface area contributed by atoms with E-state index in [1.54, 1.807) is 0 Å². The van der Waals surface area contributed by atoms with Gasteiger partial charge in [-0.25, -0.2) is 0 Å². The number of aryl methyl sites for hydroxylation is 1. The minimum absolute atomic E-state index is 0.547. The van der Waals surface area contributed by atoms with Crippen molar-refractivity contribution in [2.75, 3.05) is 0 Å². The Labute approximate surface area is 180 Å². The van der Waals surface area contributed by atoms with Crippen molar-refractivity contribution in [3.63, 3.8) is 0 Å². The van der Waals surface area contributed by atoms with Crippen molar-refractivity contribution in [3.8, 4) is 28.0 Å². The van der Waals surface area contributed by atoms with Gasteiger partial charge in [0.2, 0.25) is 0 Å². The second-order valence-electron chi connectivity index (χ2n) is 7.56. The van der Waals surface area contributed by atoms with Crippen molar-refractivity contribution < 1.29 is 4.74 Å². The van der Waals surface area contributed by atoms with Crippen LogP contribution in [0.3, 0.4) is 0 Å². The molecule has 0 spiro atoms. The Morgan fingerprint density at radius 2 is 1.30 bits per heavy atom. The topological polar surface area (TPSA) is 9.23 Å². The first kappa shape index (κ1) is 20.0. The van der Waals surface area contributed by atoms with E-state index >= 15 is 0 Å². The molecule has 4 aromatic rings. The molecule has 0 atom stereocenters. The molecule has 0 fully saturated rings. The standard InChI is InChI=1S/C29H27O/c1-3-13-26-20-27(24-16-9-5-10-17-24)28(25-18-11-6-12-19-25)29(22(26)2)30-21-23-14-7-4-8-15-23/h4-12,14-19H,3,13,21H2,1-2H3. The average molecular weight is 392 g/mol. The van der Waals surface area contributed by atoms with Crippen molar-refractivity contribution in [3.05, 3.63) is 114 Å². The van der Waals surface area contributed by atoms with Crippen LogP contribution in [-0.2, 0) is 13.0 Å². The lowest BCUT2D eigenvalue weighted by Gasteiger charge is -2.21. The van der Waals surface area contributed by atoms with E-state index < -0.39 is 0 Å². The molecule has 149 valence electrons. The van der Waals surface area contributed by atoms with Crippen molar-refractivity contribution in [2.45, 2.75) is 33.3 Å². The molecule has 0 aliphatic carbocycles. The fourth-order valence-corrected chi connectivity index (χ4v) is 3.86. The summed E-state index contributed by atoms with van der Waals surface area (Å²) in [6, 6.07) is 35.2. The lowest BCUT2D eigenvalue weighted by Crippen LogP contribution is -2.04. The number of ether oxygens (including phenoxy) is 1. The van der Waals surface area contributed by atoms with Crippen molar-refractivity contribution in [1.29, 1.82) is 0 Å². The van der Waals surface area contributed by atoms with Crippen LogP contribution in [0.1, 0.15) is 30.0 Å². The summed E-state index contributed by atoms with van der Waals surface area (Å²) in [6.07, 6.45) is 2.07. The van der Waals surface area contributed by atoms with Crippen LogP contribution in [0.25, 0.3) is 22.3 Å². The van der Waals surface area contributed by atoms with Crippen molar-refractivity contribution in [2.24, 2.45) is 0 Å². The van der Waals surface area contributed by atoms with Crippen LogP contribution in [0.5, 0.6) is 5.75 Å². The van der Waals surface area contributed by atoms with E-state index in [0.29, 0.717) is 6.61 Å². The highest BCUT2D eigenvalue weighted by Gasteiger charge is 2.20. The van der Waals surface area contributed by atoms with Gasteiger partial charge < -0.3 is 4.74 Å². The largest absolute Gasteiger partial charge is 0.488 e. The molecule has 30 heavy (non-hydrogen) atoms. The summed E-state index contributed by atoms with van der Waals surface area (Å²) < 4.78 is 6.54. The molecular formula is C29H27O. The van der Waals surface area contributed by atoms with Crippen LogP contribution in [0.2, 0.25) is 0 Å². The molecule has 0 saturated heterocycles. The molecule has 1 heteroatoms. The van der Waals surface area contributed by atoms with E-state index in [1.165, 1.54) is 22.3 Å². The molecular weight excluding hydrogens is 364 g/mol. The van der Waals surface area contributed by atoms with Crippen LogP contribution in [0.15, 0.2) is 91.0 Å². The molecule has 4 aromatic carbocycles. The third-order valence-corrected chi connectivity index (χ3v) is 5.40. The first-order chi connectivity index (χ1) is 14.8. The summed E-state index contributed by atoms with van der Waals surface area (Å²) in [7, 11) is 0. The molecule has 1 radical (unpaired) electrons. The van der Waals surface area contributed by atoms with E-state index in [-0.39, 0.29) is 0 Å². The lowest BCUT2D eigenvalue weighted by atomic mass is 9.88. The summed E-state index contributed by atoms with van der Waals surface area (Å²) in [5, 5.41) is 0. The normalized spacial score (nSPS) is 10.7. The quantitative estimate of drug-likeness (QED) is 0.314. The molecule has 0 aliphatic rings. The molecule has 0 unspecified atom stereocenters. The first-order valence-corrected chi connectivity index (χ1v) is 10.6. The van der Waals surface area contributed by atoms with Gasteiger partial charge in [0.25, 0.3) is 0 Å². The van der Waals surface area contributed by atoms with Crippen LogP contribution in [0.4, 0.5) is 0 Å². The van der Waals surface area contributed by atoms with Gasteiger partial charge in [-0.2, -0.15) is 0 Å².